The van der Waals surface area contributed by atoms with Gasteiger partial charge in [-0.05, 0) is 38.0 Å². The molecule has 1 fully saturated rings. The van der Waals surface area contributed by atoms with Crippen molar-refractivity contribution in [3.63, 3.8) is 0 Å². The molecule has 2 rings (SSSR count). The first kappa shape index (κ1) is 19.2. The summed E-state index contributed by atoms with van der Waals surface area (Å²) in [6.45, 7) is 3.49. The predicted molar refractivity (Wildman–Crippen MR) is 96.3 cm³/mol. The van der Waals surface area contributed by atoms with Crippen molar-refractivity contribution in [3.8, 4) is 5.75 Å². The number of amides is 2. The molecule has 2 amide bonds. The summed E-state index contributed by atoms with van der Waals surface area (Å²) >= 11 is 6.05. The number of likely N-dealkylation sites (tertiary alicyclic amines) is 1. The van der Waals surface area contributed by atoms with E-state index >= 15 is 0 Å². The van der Waals surface area contributed by atoms with E-state index < -0.39 is 0 Å². The van der Waals surface area contributed by atoms with Crippen molar-refractivity contribution in [2.75, 3.05) is 38.7 Å². The fourth-order valence-corrected chi connectivity index (χ4v) is 2.92. The second-order valence-electron chi connectivity index (χ2n) is 5.73. The SMILES string of the molecule is CCOC(=O)N1CCC(NC(=O)CNc2ccc(OC)c(Cl)c2)CC1. The van der Waals surface area contributed by atoms with Crippen molar-refractivity contribution in [1.29, 1.82) is 0 Å². The Bertz CT molecular complexity index is 604. The fraction of sp³-hybridized carbons (Fsp3) is 0.529. The number of rotatable bonds is 6. The number of benzene rings is 1. The molecule has 0 saturated carbocycles. The van der Waals surface area contributed by atoms with Crippen molar-refractivity contribution in [3.05, 3.63) is 23.2 Å². The van der Waals surface area contributed by atoms with E-state index in [1.54, 1.807) is 37.1 Å². The van der Waals surface area contributed by atoms with E-state index in [9.17, 15) is 9.59 Å². The lowest BCUT2D eigenvalue weighted by atomic mass is 10.1. The molecule has 1 aromatic rings. The highest BCUT2D eigenvalue weighted by molar-refractivity contribution is 6.32. The van der Waals surface area contributed by atoms with E-state index in [1.807, 2.05) is 0 Å². The number of ether oxygens (including phenoxy) is 2. The third kappa shape index (κ3) is 5.70. The molecule has 8 heteroatoms. The Kier molecular flexibility index (Phi) is 7.18. The minimum absolute atomic E-state index is 0.0689. The standard InChI is InChI=1S/C17H24ClN3O4/c1-3-25-17(23)21-8-6-12(7-9-21)20-16(22)11-19-13-4-5-15(24-2)14(18)10-13/h4-5,10,12,19H,3,6-9,11H2,1-2H3,(H,20,22). The lowest BCUT2D eigenvalue weighted by molar-refractivity contribution is -0.120. The molecule has 0 unspecified atom stereocenters. The maximum absolute atomic E-state index is 12.1. The third-order valence-corrected chi connectivity index (χ3v) is 4.29. The molecule has 1 aliphatic rings. The zero-order chi connectivity index (χ0) is 18.2. The molecule has 0 bridgehead atoms. The van der Waals surface area contributed by atoms with Crippen LogP contribution < -0.4 is 15.4 Å². The first-order valence-electron chi connectivity index (χ1n) is 8.32. The zero-order valence-electron chi connectivity index (χ0n) is 14.5. The number of nitrogens with one attached hydrogen (secondary N) is 2. The van der Waals surface area contributed by atoms with Gasteiger partial charge in [-0.1, -0.05) is 11.6 Å². The average Bonchev–Trinajstić information content (AvgIpc) is 2.61. The number of methoxy groups -OCH3 is 1. The fourth-order valence-electron chi connectivity index (χ4n) is 2.66. The van der Waals surface area contributed by atoms with Gasteiger partial charge in [0.05, 0.1) is 25.3 Å². The first-order chi connectivity index (χ1) is 12.0. The van der Waals surface area contributed by atoms with Gasteiger partial charge in [0.15, 0.2) is 0 Å². The smallest absolute Gasteiger partial charge is 0.409 e. The molecule has 0 radical (unpaired) electrons. The molecule has 1 aromatic carbocycles. The van der Waals surface area contributed by atoms with Crippen LogP contribution in [0.4, 0.5) is 10.5 Å². The van der Waals surface area contributed by atoms with Crippen LogP contribution in [0.3, 0.4) is 0 Å². The summed E-state index contributed by atoms with van der Waals surface area (Å²) in [7, 11) is 1.55. The van der Waals surface area contributed by atoms with Crippen LogP contribution in [0.2, 0.25) is 5.02 Å². The van der Waals surface area contributed by atoms with Crippen LogP contribution in [0.5, 0.6) is 5.75 Å². The van der Waals surface area contributed by atoms with Crippen LogP contribution in [-0.2, 0) is 9.53 Å². The minimum Gasteiger partial charge on any atom is -0.495 e. The number of carbonyl (C=O) groups excluding carboxylic acids is 2. The minimum atomic E-state index is -0.287. The Morgan fingerprint density at radius 3 is 2.64 bits per heavy atom. The summed E-state index contributed by atoms with van der Waals surface area (Å²) in [4.78, 5) is 25.4. The second kappa shape index (κ2) is 9.36. The number of halogens is 1. The van der Waals surface area contributed by atoms with Gasteiger partial charge in [-0.15, -0.1) is 0 Å². The maximum atomic E-state index is 12.1. The average molecular weight is 370 g/mol. The van der Waals surface area contributed by atoms with Gasteiger partial charge in [-0.2, -0.15) is 0 Å². The molecule has 0 spiro atoms. The van der Waals surface area contributed by atoms with Crippen molar-refractivity contribution in [2.24, 2.45) is 0 Å². The number of hydrogen-bond acceptors (Lipinski definition) is 5. The van der Waals surface area contributed by atoms with Crippen LogP contribution in [-0.4, -0.2) is 56.3 Å². The number of carbonyl (C=O) groups is 2. The molecule has 0 atom stereocenters. The summed E-state index contributed by atoms with van der Waals surface area (Å²) in [5, 5.41) is 6.50. The lowest BCUT2D eigenvalue weighted by Crippen LogP contribution is -2.47. The molecule has 25 heavy (non-hydrogen) atoms. The summed E-state index contributed by atoms with van der Waals surface area (Å²) in [5.74, 6) is 0.492. The van der Waals surface area contributed by atoms with Crippen molar-refractivity contribution >= 4 is 29.3 Å². The highest BCUT2D eigenvalue weighted by Gasteiger charge is 2.24. The molecule has 138 valence electrons. The van der Waals surface area contributed by atoms with Crippen LogP contribution in [0.25, 0.3) is 0 Å². The van der Waals surface area contributed by atoms with Gasteiger partial charge in [0.25, 0.3) is 0 Å². The van der Waals surface area contributed by atoms with Crippen LogP contribution >= 0.6 is 11.6 Å². The molecule has 1 heterocycles. The van der Waals surface area contributed by atoms with Crippen LogP contribution in [0.15, 0.2) is 18.2 Å². The molecule has 1 aliphatic heterocycles. The van der Waals surface area contributed by atoms with E-state index in [4.69, 9.17) is 21.1 Å². The van der Waals surface area contributed by atoms with E-state index in [0.29, 0.717) is 30.5 Å². The number of anilines is 1. The van der Waals surface area contributed by atoms with Crippen molar-refractivity contribution in [1.82, 2.24) is 10.2 Å². The summed E-state index contributed by atoms with van der Waals surface area (Å²) in [5.41, 5.74) is 0.748. The highest BCUT2D eigenvalue weighted by Crippen LogP contribution is 2.27. The Hall–Kier alpha value is -2.15. The van der Waals surface area contributed by atoms with E-state index in [0.717, 1.165) is 18.5 Å². The van der Waals surface area contributed by atoms with Gasteiger partial charge >= 0.3 is 6.09 Å². The molecule has 7 nitrogen and oxygen atoms in total. The lowest BCUT2D eigenvalue weighted by Gasteiger charge is -2.31. The Labute approximate surface area is 152 Å². The maximum Gasteiger partial charge on any atom is 0.409 e. The molecular formula is C17H24ClN3O4. The predicted octanol–water partition coefficient (Wildman–Crippen LogP) is 2.50. The van der Waals surface area contributed by atoms with E-state index in [-0.39, 0.29) is 24.6 Å². The Balaban J connectivity index is 1.72. The van der Waals surface area contributed by atoms with Gasteiger partial charge in [-0.25, -0.2) is 4.79 Å². The van der Waals surface area contributed by atoms with Gasteiger partial charge in [0, 0.05) is 24.8 Å². The van der Waals surface area contributed by atoms with Crippen molar-refractivity contribution < 1.29 is 19.1 Å². The normalized spacial score (nSPS) is 14.8. The van der Waals surface area contributed by atoms with Gasteiger partial charge in [-0.3, -0.25) is 4.79 Å². The van der Waals surface area contributed by atoms with Gasteiger partial charge < -0.3 is 25.0 Å². The third-order valence-electron chi connectivity index (χ3n) is 3.99. The number of piperidine rings is 1. The number of hydrogen-bond donors (Lipinski definition) is 2. The Morgan fingerprint density at radius 2 is 2.04 bits per heavy atom. The van der Waals surface area contributed by atoms with E-state index in [1.165, 1.54) is 0 Å². The van der Waals surface area contributed by atoms with E-state index in [2.05, 4.69) is 10.6 Å². The monoisotopic (exact) mass is 369 g/mol. The zero-order valence-corrected chi connectivity index (χ0v) is 15.3. The molecular weight excluding hydrogens is 346 g/mol. The molecule has 0 aromatic heterocycles. The molecule has 1 saturated heterocycles. The van der Waals surface area contributed by atoms with Crippen LogP contribution in [0.1, 0.15) is 19.8 Å². The highest BCUT2D eigenvalue weighted by atomic mass is 35.5. The van der Waals surface area contributed by atoms with Crippen LogP contribution in [0, 0.1) is 0 Å². The summed E-state index contributed by atoms with van der Waals surface area (Å²) in [6.07, 6.45) is 1.16. The van der Waals surface area contributed by atoms with Gasteiger partial charge in [0.2, 0.25) is 5.91 Å². The second-order valence-corrected chi connectivity index (χ2v) is 6.14. The topological polar surface area (TPSA) is 79.9 Å². The Morgan fingerprint density at radius 1 is 1.32 bits per heavy atom. The summed E-state index contributed by atoms with van der Waals surface area (Å²) < 4.78 is 10.1. The molecule has 2 N–H and O–H groups in total. The summed E-state index contributed by atoms with van der Waals surface area (Å²) in [6, 6.07) is 5.33. The van der Waals surface area contributed by atoms with Gasteiger partial charge in [0.1, 0.15) is 5.75 Å². The number of nitrogens with zero attached hydrogens (tertiary/aromatic N) is 1. The first-order valence-corrected chi connectivity index (χ1v) is 8.69. The molecule has 0 aliphatic carbocycles. The van der Waals surface area contributed by atoms with Crippen molar-refractivity contribution in [2.45, 2.75) is 25.8 Å². The quantitative estimate of drug-likeness (QED) is 0.805. The largest absolute Gasteiger partial charge is 0.495 e.